The fourth-order valence-corrected chi connectivity index (χ4v) is 2.36. The van der Waals surface area contributed by atoms with Crippen LogP contribution in [0, 0.1) is 0 Å². The van der Waals surface area contributed by atoms with Crippen LogP contribution in [0.15, 0.2) is 28.7 Å². The SMILES string of the molecule is CC1(c2ccccc2Br)CCN1. The fraction of sp³-hybridized carbons (Fsp3) is 0.400. The van der Waals surface area contributed by atoms with E-state index in [-0.39, 0.29) is 5.54 Å². The standard InChI is InChI=1S/C10H12BrN/c1-10(6-7-12-10)8-4-2-3-5-9(8)11/h2-5,12H,6-7H2,1H3. The highest BCUT2D eigenvalue weighted by atomic mass is 79.9. The van der Waals surface area contributed by atoms with Gasteiger partial charge in [-0.1, -0.05) is 34.1 Å². The van der Waals surface area contributed by atoms with Gasteiger partial charge >= 0.3 is 0 Å². The van der Waals surface area contributed by atoms with Crippen LogP contribution in [0.2, 0.25) is 0 Å². The molecule has 1 nitrogen and oxygen atoms in total. The number of halogens is 1. The summed E-state index contributed by atoms with van der Waals surface area (Å²) < 4.78 is 1.21. The Morgan fingerprint density at radius 3 is 2.58 bits per heavy atom. The van der Waals surface area contributed by atoms with Crippen LogP contribution in [0.25, 0.3) is 0 Å². The summed E-state index contributed by atoms with van der Waals surface area (Å²) in [5.74, 6) is 0. The molecule has 12 heavy (non-hydrogen) atoms. The van der Waals surface area contributed by atoms with Crippen molar-refractivity contribution >= 4 is 15.9 Å². The summed E-state index contributed by atoms with van der Waals surface area (Å²) in [4.78, 5) is 0. The number of rotatable bonds is 1. The average Bonchev–Trinajstić information content (AvgIpc) is 2.01. The molecule has 2 rings (SSSR count). The normalized spacial score (nSPS) is 28.2. The van der Waals surface area contributed by atoms with Gasteiger partial charge in [-0.25, -0.2) is 0 Å². The summed E-state index contributed by atoms with van der Waals surface area (Å²) in [6.45, 7) is 3.38. The third kappa shape index (κ3) is 1.19. The van der Waals surface area contributed by atoms with E-state index in [0.717, 1.165) is 6.54 Å². The summed E-state index contributed by atoms with van der Waals surface area (Å²) >= 11 is 3.57. The van der Waals surface area contributed by atoms with Crippen LogP contribution >= 0.6 is 15.9 Å². The number of hydrogen-bond donors (Lipinski definition) is 1. The lowest BCUT2D eigenvalue weighted by molar-refractivity contribution is 0.236. The first-order valence-corrected chi connectivity index (χ1v) is 5.02. The molecular formula is C10H12BrN. The molecule has 0 aliphatic carbocycles. The van der Waals surface area contributed by atoms with Crippen molar-refractivity contribution in [1.82, 2.24) is 5.32 Å². The van der Waals surface area contributed by atoms with Gasteiger partial charge in [0, 0.05) is 10.0 Å². The first-order chi connectivity index (χ1) is 5.72. The van der Waals surface area contributed by atoms with Crippen LogP contribution in [-0.4, -0.2) is 6.54 Å². The highest BCUT2D eigenvalue weighted by molar-refractivity contribution is 9.10. The summed E-state index contributed by atoms with van der Waals surface area (Å²) in [5, 5.41) is 3.45. The molecule has 0 spiro atoms. The molecule has 0 radical (unpaired) electrons. The van der Waals surface area contributed by atoms with E-state index in [2.05, 4.69) is 52.4 Å². The van der Waals surface area contributed by atoms with Gasteiger partial charge < -0.3 is 5.32 Å². The van der Waals surface area contributed by atoms with E-state index >= 15 is 0 Å². The van der Waals surface area contributed by atoms with Crippen LogP contribution in [0.5, 0.6) is 0 Å². The highest BCUT2D eigenvalue weighted by Crippen LogP contribution is 2.34. The number of hydrogen-bond acceptors (Lipinski definition) is 1. The van der Waals surface area contributed by atoms with Crippen molar-refractivity contribution in [1.29, 1.82) is 0 Å². The molecule has 1 aromatic rings. The lowest BCUT2D eigenvalue weighted by Crippen LogP contribution is -2.51. The van der Waals surface area contributed by atoms with Gasteiger partial charge in [0.15, 0.2) is 0 Å². The predicted molar refractivity (Wildman–Crippen MR) is 54.1 cm³/mol. The molecule has 0 bridgehead atoms. The topological polar surface area (TPSA) is 12.0 Å². The van der Waals surface area contributed by atoms with E-state index in [0.29, 0.717) is 0 Å². The van der Waals surface area contributed by atoms with Crippen molar-refractivity contribution in [2.75, 3.05) is 6.54 Å². The molecule has 1 aromatic carbocycles. The summed E-state index contributed by atoms with van der Waals surface area (Å²) in [5.41, 5.74) is 1.58. The van der Waals surface area contributed by atoms with Crippen molar-refractivity contribution in [3.63, 3.8) is 0 Å². The Labute approximate surface area is 81.3 Å². The third-order valence-corrected chi connectivity index (χ3v) is 3.30. The summed E-state index contributed by atoms with van der Waals surface area (Å²) in [7, 11) is 0. The molecular weight excluding hydrogens is 214 g/mol. The second kappa shape index (κ2) is 2.86. The van der Waals surface area contributed by atoms with Crippen molar-refractivity contribution in [2.24, 2.45) is 0 Å². The quantitative estimate of drug-likeness (QED) is 0.776. The van der Waals surface area contributed by atoms with Gasteiger partial charge in [-0.3, -0.25) is 0 Å². The van der Waals surface area contributed by atoms with E-state index in [1.54, 1.807) is 0 Å². The molecule has 1 atom stereocenters. The minimum atomic E-state index is 0.208. The minimum Gasteiger partial charge on any atom is -0.307 e. The molecule has 1 aliphatic heterocycles. The third-order valence-electron chi connectivity index (χ3n) is 2.61. The van der Waals surface area contributed by atoms with Gasteiger partial charge in [-0.05, 0) is 31.5 Å². The maximum atomic E-state index is 3.57. The zero-order valence-electron chi connectivity index (χ0n) is 7.10. The first-order valence-electron chi connectivity index (χ1n) is 4.22. The number of benzene rings is 1. The molecule has 1 heterocycles. The first kappa shape index (κ1) is 8.27. The maximum Gasteiger partial charge on any atom is 0.0429 e. The van der Waals surface area contributed by atoms with Crippen LogP contribution in [-0.2, 0) is 5.54 Å². The zero-order chi connectivity index (χ0) is 8.60. The Kier molecular flexibility index (Phi) is 1.97. The van der Waals surface area contributed by atoms with E-state index in [1.807, 2.05) is 0 Å². The number of nitrogens with one attached hydrogen (secondary N) is 1. The molecule has 2 heteroatoms. The van der Waals surface area contributed by atoms with Crippen molar-refractivity contribution in [3.8, 4) is 0 Å². The molecule has 0 saturated carbocycles. The van der Waals surface area contributed by atoms with Gasteiger partial charge in [0.1, 0.15) is 0 Å². The molecule has 0 amide bonds. The fourth-order valence-electron chi connectivity index (χ4n) is 1.64. The van der Waals surface area contributed by atoms with E-state index < -0.39 is 0 Å². The van der Waals surface area contributed by atoms with Gasteiger partial charge in [0.05, 0.1) is 0 Å². The maximum absolute atomic E-state index is 3.57. The predicted octanol–water partition coefficient (Wildman–Crippen LogP) is 2.66. The molecule has 1 N–H and O–H groups in total. The largest absolute Gasteiger partial charge is 0.307 e. The van der Waals surface area contributed by atoms with Gasteiger partial charge in [-0.2, -0.15) is 0 Å². The van der Waals surface area contributed by atoms with Gasteiger partial charge in [0.25, 0.3) is 0 Å². The molecule has 1 fully saturated rings. The second-order valence-corrected chi connectivity index (χ2v) is 4.34. The van der Waals surface area contributed by atoms with E-state index in [1.165, 1.54) is 16.5 Å². The lowest BCUT2D eigenvalue weighted by atomic mass is 9.83. The van der Waals surface area contributed by atoms with E-state index in [9.17, 15) is 0 Å². The van der Waals surface area contributed by atoms with E-state index in [4.69, 9.17) is 0 Å². The Morgan fingerprint density at radius 1 is 1.42 bits per heavy atom. The Balaban J connectivity index is 2.39. The molecule has 1 saturated heterocycles. The Hall–Kier alpha value is -0.340. The van der Waals surface area contributed by atoms with Crippen LogP contribution < -0.4 is 5.32 Å². The van der Waals surface area contributed by atoms with Gasteiger partial charge in [0.2, 0.25) is 0 Å². The van der Waals surface area contributed by atoms with Crippen molar-refractivity contribution in [2.45, 2.75) is 18.9 Å². The summed E-state index contributed by atoms with van der Waals surface area (Å²) in [6.07, 6.45) is 1.23. The van der Waals surface area contributed by atoms with Crippen LogP contribution in [0.4, 0.5) is 0 Å². The highest BCUT2D eigenvalue weighted by Gasteiger charge is 2.33. The zero-order valence-corrected chi connectivity index (χ0v) is 8.69. The molecule has 1 unspecified atom stereocenters. The van der Waals surface area contributed by atoms with Crippen molar-refractivity contribution in [3.05, 3.63) is 34.3 Å². The molecule has 1 aliphatic rings. The van der Waals surface area contributed by atoms with Gasteiger partial charge in [-0.15, -0.1) is 0 Å². The molecule has 64 valence electrons. The smallest absolute Gasteiger partial charge is 0.0429 e. The minimum absolute atomic E-state index is 0.208. The van der Waals surface area contributed by atoms with Crippen molar-refractivity contribution < 1.29 is 0 Å². The van der Waals surface area contributed by atoms with Crippen LogP contribution in [0.3, 0.4) is 0 Å². The molecule has 0 aromatic heterocycles. The Morgan fingerprint density at radius 2 is 2.08 bits per heavy atom. The lowest BCUT2D eigenvalue weighted by Gasteiger charge is -2.41. The van der Waals surface area contributed by atoms with Crippen LogP contribution in [0.1, 0.15) is 18.9 Å². The monoisotopic (exact) mass is 225 g/mol. The second-order valence-electron chi connectivity index (χ2n) is 3.49. The average molecular weight is 226 g/mol. The Bertz CT molecular complexity index is 292. The summed E-state index contributed by atoms with van der Waals surface area (Å²) in [6, 6.07) is 8.41.